The summed E-state index contributed by atoms with van der Waals surface area (Å²) in [7, 11) is 0. The van der Waals surface area contributed by atoms with Crippen LogP contribution in [0.25, 0.3) is 87.8 Å². The van der Waals surface area contributed by atoms with E-state index in [1.807, 2.05) is 66.9 Å². The lowest BCUT2D eigenvalue weighted by Crippen LogP contribution is -2.00. The van der Waals surface area contributed by atoms with Crippen LogP contribution in [0.3, 0.4) is 0 Å². The van der Waals surface area contributed by atoms with Crippen molar-refractivity contribution in [2.75, 3.05) is 0 Å². The van der Waals surface area contributed by atoms with E-state index in [9.17, 15) is 0 Å². The Hall–Kier alpha value is -6.11. The van der Waals surface area contributed by atoms with Gasteiger partial charge in [-0.05, 0) is 46.8 Å². The first kappa shape index (κ1) is 27.2. The van der Waals surface area contributed by atoms with Gasteiger partial charge in [-0.25, -0.2) is 19.9 Å². The number of hydrogen-bond donors (Lipinski definition) is 0. The predicted molar refractivity (Wildman–Crippen MR) is 193 cm³/mol. The zero-order chi connectivity index (χ0) is 31.2. The van der Waals surface area contributed by atoms with Crippen LogP contribution in [-0.4, -0.2) is 24.9 Å². The molecule has 220 valence electrons. The molecule has 0 spiro atoms. The van der Waals surface area contributed by atoms with Gasteiger partial charge in [-0.3, -0.25) is 4.98 Å². The van der Waals surface area contributed by atoms with Gasteiger partial charge in [0.1, 0.15) is 4.83 Å². The SMILES string of the molecule is c1ccc(-c2nc(-c3ccccc3)nc(-c3ccc(-c4ccc5cnc(-c6ccc7c(n6)sc6ccccc67)cc5c4)cc3)n2)cc1. The molecule has 5 nitrogen and oxygen atoms in total. The Balaban J connectivity index is 1.06. The molecule has 5 aromatic carbocycles. The molecular formula is C41H25N5S. The first-order chi connectivity index (χ1) is 23.2. The Kier molecular flexibility index (Phi) is 6.58. The van der Waals surface area contributed by atoms with Crippen molar-refractivity contribution in [1.82, 2.24) is 24.9 Å². The number of thiophene rings is 1. The highest BCUT2D eigenvalue weighted by molar-refractivity contribution is 7.25. The fraction of sp³-hybridized carbons (Fsp3) is 0. The topological polar surface area (TPSA) is 64.5 Å². The smallest absolute Gasteiger partial charge is 0.164 e. The summed E-state index contributed by atoms with van der Waals surface area (Å²) in [5.74, 6) is 1.94. The van der Waals surface area contributed by atoms with Crippen LogP contribution in [0.15, 0.2) is 152 Å². The molecule has 0 saturated heterocycles. The average molecular weight is 620 g/mol. The van der Waals surface area contributed by atoms with E-state index >= 15 is 0 Å². The van der Waals surface area contributed by atoms with E-state index in [2.05, 4.69) is 84.9 Å². The summed E-state index contributed by atoms with van der Waals surface area (Å²) in [5.41, 5.74) is 6.81. The number of aromatic nitrogens is 5. The quantitative estimate of drug-likeness (QED) is 0.192. The number of rotatable bonds is 5. The van der Waals surface area contributed by atoms with Gasteiger partial charge in [0, 0.05) is 43.7 Å². The number of nitrogens with zero attached hydrogens (tertiary/aromatic N) is 5. The van der Waals surface area contributed by atoms with E-state index in [-0.39, 0.29) is 0 Å². The second kappa shape index (κ2) is 11.4. The zero-order valence-electron chi connectivity index (χ0n) is 25.1. The molecule has 0 N–H and O–H groups in total. The van der Waals surface area contributed by atoms with Crippen molar-refractivity contribution in [1.29, 1.82) is 0 Å². The molecule has 0 radical (unpaired) electrons. The van der Waals surface area contributed by atoms with E-state index in [1.54, 1.807) is 11.3 Å². The summed E-state index contributed by atoms with van der Waals surface area (Å²) < 4.78 is 1.25. The number of benzene rings is 5. The Morgan fingerprint density at radius 2 is 0.979 bits per heavy atom. The highest BCUT2D eigenvalue weighted by atomic mass is 32.1. The van der Waals surface area contributed by atoms with Crippen LogP contribution in [0.5, 0.6) is 0 Å². The fourth-order valence-corrected chi connectivity index (χ4v) is 7.03. The molecule has 0 saturated carbocycles. The van der Waals surface area contributed by atoms with Gasteiger partial charge in [-0.15, -0.1) is 11.3 Å². The van der Waals surface area contributed by atoms with Gasteiger partial charge in [0.25, 0.3) is 0 Å². The fourth-order valence-electron chi connectivity index (χ4n) is 5.96. The molecule has 0 amide bonds. The molecule has 0 fully saturated rings. The minimum absolute atomic E-state index is 0.640. The van der Waals surface area contributed by atoms with Gasteiger partial charge >= 0.3 is 0 Å². The van der Waals surface area contributed by atoms with Crippen LogP contribution in [0.2, 0.25) is 0 Å². The lowest BCUT2D eigenvalue weighted by Gasteiger charge is -2.09. The third-order valence-corrected chi connectivity index (χ3v) is 9.48. The van der Waals surface area contributed by atoms with E-state index in [0.717, 1.165) is 54.8 Å². The largest absolute Gasteiger partial charge is 0.254 e. The molecule has 6 heteroatoms. The van der Waals surface area contributed by atoms with E-state index in [0.29, 0.717) is 17.5 Å². The minimum Gasteiger partial charge on any atom is -0.254 e. The predicted octanol–water partition coefficient (Wildman–Crippen LogP) is 10.5. The molecule has 47 heavy (non-hydrogen) atoms. The van der Waals surface area contributed by atoms with Gasteiger partial charge in [-0.1, -0.05) is 115 Å². The summed E-state index contributed by atoms with van der Waals surface area (Å²) in [6.45, 7) is 0. The number of pyridine rings is 2. The second-order valence-electron chi connectivity index (χ2n) is 11.4. The van der Waals surface area contributed by atoms with Gasteiger partial charge < -0.3 is 0 Å². The third-order valence-electron chi connectivity index (χ3n) is 8.40. The van der Waals surface area contributed by atoms with Crippen molar-refractivity contribution in [2.24, 2.45) is 0 Å². The molecular weight excluding hydrogens is 595 g/mol. The molecule has 4 heterocycles. The Bertz CT molecular complexity index is 2500. The molecule has 4 aromatic heterocycles. The minimum atomic E-state index is 0.640. The van der Waals surface area contributed by atoms with Crippen LogP contribution in [0.4, 0.5) is 0 Å². The van der Waals surface area contributed by atoms with Gasteiger partial charge in [0.2, 0.25) is 0 Å². The summed E-state index contributed by atoms with van der Waals surface area (Å²) in [6.07, 6.45) is 1.93. The maximum atomic E-state index is 5.00. The van der Waals surface area contributed by atoms with Crippen molar-refractivity contribution in [3.63, 3.8) is 0 Å². The van der Waals surface area contributed by atoms with Crippen molar-refractivity contribution < 1.29 is 0 Å². The molecule has 0 aliphatic heterocycles. The Labute approximate surface area is 275 Å². The van der Waals surface area contributed by atoms with Crippen molar-refractivity contribution >= 4 is 42.4 Å². The summed E-state index contributed by atoms with van der Waals surface area (Å²) in [5, 5.41) is 4.64. The Morgan fingerprint density at radius 3 is 1.68 bits per heavy atom. The summed E-state index contributed by atoms with van der Waals surface area (Å²) in [6, 6.07) is 49.8. The van der Waals surface area contributed by atoms with Crippen molar-refractivity contribution in [3.05, 3.63) is 152 Å². The maximum absolute atomic E-state index is 5.00. The lowest BCUT2D eigenvalue weighted by atomic mass is 10.00. The zero-order valence-corrected chi connectivity index (χ0v) is 25.9. The molecule has 0 unspecified atom stereocenters. The van der Waals surface area contributed by atoms with E-state index in [1.165, 1.54) is 15.5 Å². The van der Waals surface area contributed by atoms with Crippen LogP contribution in [-0.2, 0) is 0 Å². The van der Waals surface area contributed by atoms with Crippen LogP contribution in [0.1, 0.15) is 0 Å². The summed E-state index contributed by atoms with van der Waals surface area (Å²) in [4.78, 5) is 25.4. The molecule has 9 aromatic rings. The van der Waals surface area contributed by atoms with Crippen molar-refractivity contribution in [3.8, 4) is 56.7 Å². The lowest BCUT2D eigenvalue weighted by molar-refractivity contribution is 1.07. The maximum Gasteiger partial charge on any atom is 0.164 e. The molecule has 0 aliphatic rings. The summed E-state index contributed by atoms with van der Waals surface area (Å²) >= 11 is 1.72. The van der Waals surface area contributed by atoms with E-state index < -0.39 is 0 Å². The van der Waals surface area contributed by atoms with Crippen LogP contribution in [0, 0.1) is 0 Å². The number of hydrogen-bond acceptors (Lipinski definition) is 6. The standard InChI is InChI=1S/C41H25N5S/c1-3-9-27(10-4-1)38-44-39(28-11-5-2-6-12-28)46-40(45-38)29-17-15-26(16-18-29)30-19-20-31-25-42-36(24-32(31)23-30)35-22-21-34-33-13-7-8-14-37(33)47-41(34)43-35/h1-25H. The van der Waals surface area contributed by atoms with Gasteiger partial charge in [0.15, 0.2) is 17.5 Å². The third kappa shape index (κ3) is 5.11. The van der Waals surface area contributed by atoms with E-state index in [4.69, 9.17) is 24.9 Å². The monoisotopic (exact) mass is 619 g/mol. The van der Waals surface area contributed by atoms with Crippen LogP contribution >= 0.6 is 11.3 Å². The van der Waals surface area contributed by atoms with Gasteiger partial charge in [-0.2, -0.15) is 0 Å². The second-order valence-corrected chi connectivity index (χ2v) is 12.4. The first-order valence-corrected chi connectivity index (χ1v) is 16.2. The highest BCUT2D eigenvalue weighted by Gasteiger charge is 2.13. The molecule has 9 rings (SSSR count). The van der Waals surface area contributed by atoms with Crippen LogP contribution < -0.4 is 0 Å². The highest BCUT2D eigenvalue weighted by Crippen LogP contribution is 2.35. The van der Waals surface area contributed by atoms with Crippen molar-refractivity contribution in [2.45, 2.75) is 0 Å². The average Bonchev–Trinajstić information content (AvgIpc) is 3.53. The first-order valence-electron chi connectivity index (χ1n) is 15.4. The molecule has 0 aliphatic carbocycles. The normalized spacial score (nSPS) is 11.4. The number of fused-ring (bicyclic) bond motifs is 4. The molecule has 0 atom stereocenters. The molecule has 0 bridgehead atoms. The van der Waals surface area contributed by atoms with Gasteiger partial charge in [0.05, 0.1) is 11.4 Å². The Morgan fingerprint density at radius 1 is 0.383 bits per heavy atom.